The second kappa shape index (κ2) is 9.11. The molecule has 38 heavy (non-hydrogen) atoms. The van der Waals surface area contributed by atoms with Crippen molar-refractivity contribution < 1.29 is 14.3 Å². The molecule has 2 atom stereocenters. The molecule has 1 amide bonds. The van der Waals surface area contributed by atoms with Crippen molar-refractivity contribution in [3.63, 3.8) is 0 Å². The van der Waals surface area contributed by atoms with Crippen molar-refractivity contribution in [1.29, 1.82) is 0 Å². The van der Waals surface area contributed by atoms with E-state index < -0.39 is 5.41 Å². The third-order valence-electron chi connectivity index (χ3n) is 8.26. The fraction of sp³-hybridized carbons (Fsp3) is 0.290. The van der Waals surface area contributed by atoms with Crippen molar-refractivity contribution in [1.82, 2.24) is 15.1 Å². The number of H-pyrrole nitrogens is 1. The van der Waals surface area contributed by atoms with Crippen molar-refractivity contribution in [3.05, 3.63) is 88.6 Å². The first-order chi connectivity index (χ1) is 18.6. The Labute approximate surface area is 221 Å². The van der Waals surface area contributed by atoms with Crippen LogP contribution in [-0.2, 0) is 21.5 Å². The molecule has 1 saturated heterocycles. The number of aromatic amines is 1. The van der Waals surface area contributed by atoms with Crippen LogP contribution in [0.5, 0.6) is 5.75 Å². The van der Waals surface area contributed by atoms with Crippen LogP contribution in [0.1, 0.15) is 40.3 Å². The van der Waals surface area contributed by atoms with Crippen molar-refractivity contribution in [2.75, 3.05) is 38.7 Å². The Bertz CT molecular complexity index is 1550. The quantitative estimate of drug-likeness (QED) is 0.387. The topological polar surface area (TPSA) is 79.5 Å². The van der Waals surface area contributed by atoms with E-state index in [1.54, 1.807) is 7.11 Å². The van der Waals surface area contributed by atoms with Crippen LogP contribution in [-0.4, -0.2) is 54.4 Å². The Balaban J connectivity index is 1.08. The first-order valence-electron chi connectivity index (χ1n) is 13.2. The monoisotopic (exact) mass is 506 g/mol. The average molecular weight is 507 g/mol. The number of carbonyl (C=O) groups is 1. The summed E-state index contributed by atoms with van der Waals surface area (Å²) >= 11 is 0. The van der Waals surface area contributed by atoms with Crippen LogP contribution in [0.3, 0.4) is 0 Å². The van der Waals surface area contributed by atoms with Gasteiger partial charge in [-0.2, -0.15) is 5.10 Å². The molecule has 1 unspecified atom stereocenters. The number of hydrogen-bond donors (Lipinski definition) is 2. The molecule has 3 aliphatic rings. The maximum absolute atomic E-state index is 13.0. The second-order valence-corrected chi connectivity index (χ2v) is 10.5. The highest BCUT2D eigenvalue weighted by Gasteiger charge is 2.65. The molecule has 192 valence electrons. The predicted octanol–water partition coefficient (Wildman–Crippen LogP) is 4.95. The van der Waals surface area contributed by atoms with Crippen molar-refractivity contribution >= 4 is 34.6 Å². The third-order valence-corrected chi connectivity index (χ3v) is 8.26. The lowest BCUT2D eigenvalue weighted by atomic mass is 9.91. The molecular weight excluding hydrogens is 476 g/mol. The molecule has 7 nitrogen and oxygen atoms in total. The number of nitrogens with one attached hydrogen (secondary N) is 2. The average Bonchev–Trinajstić information content (AvgIpc) is 3.50. The van der Waals surface area contributed by atoms with Gasteiger partial charge >= 0.3 is 0 Å². The molecule has 0 radical (unpaired) electrons. The van der Waals surface area contributed by atoms with Crippen LogP contribution in [0.2, 0.25) is 0 Å². The predicted molar refractivity (Wildman–Crippen MR) is 148 cm³/mol. The normalized spacial score (nSPS) is 22.8. The number of anilines is 1. The smallest absolute Gasteiger partial charge is 0.235 e. The molecule has 7 heteroatoms. The van der Waals surface area contributed by atoms with Crippen LogP contribution in [0, 0.1) is 0 Å². The number of ether oxygens (including phenoxy) is 2. The van der Waals surface area contributed by atoms with Gasteiger partial charge in [0, 0.05) is 36.6 Å². The maximum Gasteiger partial charge on any atom is 0.235 e. The van der Waals surface area contributed by atoms with Crippen LogP contribution < -0.4 is 10.1 Å². The minimum absolute atomic E-state index is 0.0787. The zero-order valence-corrected chi connectivity index (χ0v) is 21.4. The highest BCUT2D eigenvalue weighted by atomic mass is 16.5. The Hall–Kier alpha value is -3.94. The Kier molecular flexibility index (Phi) is 5.56. The molecule has 2 N–H and O–H groups in total. The van der Waals surface area contributed by atoms with Crippen LogP contribution >= 0.6 is 0 Å². The molecule has 1 aromatic heterocycles. The SMILES string of the molecule is COc1ccc2c(c1)C1(C[C@H]1c1ccc3c(/C=C/c4ccc(CN5CCOCC5)cc4)n[nH]c3c1)C(=O)N2. The summed E-state index contributed by atoms with van der Waals surface area (Å²) in [5.41, 5.74) is 6.92. The number of methoxy groups -OCH3 is 1. The van der Waals surface area contributed by atoms with E-state index in [0.717, 1.165) is 84.0 Å². The Morgan fingerprint density at radius 3 is 2.74 bits per heavy atom. The third kappa shape index (κ3) is 3.90. The molecule has 3 heterocycles. The number of aromatic nitrogens is 2. The second-order valence-electron chi connectivity index (χ2n) is 10.5. The highest BCUT2D eigenvalue weighted by molar-refractivity contribution is 6.10. The van der Waals surface area contributed by atoms with Crippen molar-refractivity contribution in [2.45, 2.75) is 24.3 Å². The highest BCUT2D eigenvalue weighted by Crippen LogP contribution is 2.65. The van der Waals surface area contributed by atoms with E-state index in [9.17, 15) is 4.79 Å². The van der Waals surface area contributed by atoms with Crippen LogP contribution in [0.25, 0.3) is 23.1 Å². The number of rotatable bonds is 6. The lowest BCUT2D eigenvalue weighted by Crippen LogP contribution is -2.35. The van der Waals surface area contributed by atoms with E-state index >= 15 is 0 Å². The summed E-state index contributed by atoms with van der Waals surface area (Å²) in [4.78, 5) is 15.4. The molecular formula is C31H30N4O3. The van der Waals surface area contributed by atoms with E-state index in [1.807, 2.05) is 18.2 Å². The molecule has 0 bridgehead atoms. The van der Waals surface area contributed by atoms with Crippen molar-refractivity contribution in [3.8, 4) is 5.75 Å². The molecule has 1 aliphatic carbocycles. The summed E-state index contributed by atoms with van der Waals surface area (Å²) in [5, 5.41) is 11.9. The Morgan fingerprint density at radius 2 is 1.92 bits per heavy atom. The summed E-state index contributed by atoms with van der Waals surface area (Å²) < 4.78 is 10.9. The molecule has 2 fully saturated rings. The van der Waals surface area contributed by atoms with Gasteiger partial charge in [-0.05, 0) is 59.0 Å². The van der Waals surface area contributed by atoms with E-state index in [4.69, 9.17) is 9.47 Å². The number of amides is 1. The van der Waals surface area contributed by atoms with E-state index in [-0.39, 0.29) is 11.8 Å². The molecule has 2 aliphatic heterocycles. The lowest BCUT2D eigenvalue weighted by molar-refractivity contribution is -0.118. The van der Waals surface area contributed by atoms with Gasteiger partial charge in [0.15, 0.2) is 0 Å². The number of hydrogen-bond acceptors (Lipinski definition) is 5. The van der Waals surface area contributed by atoms with Crippen molar-refractivity contribution in [2.24, 2.45) is 0 Å². The molecule has 3 aromatic carbocycles. The van der Waals surface area contributed by atoms with Gasteiger partial charge in [0.05, 0.1) is 36.9 Å². The van der Waals surface area contributed by atoms with Gasteiger partial charge < -0.3 is 14.8 Å². The summed E-state index contributed by atoms with van der Waals surface area (Å²) in [6.45, 7) is 4.59. The van der Waals surface area contributed by atoms with Gasteiger partial charge in [0.25, 0.3) is 0 Å². The van der Waals surface area contributed by atoms with Gasteiger partial charge in [0.1, 0.15) is 5.75 Å². The molecule has 1 saturated carbocycles. The minimum Gasteiger partial charge on any atom is -0.497 e. The van der Waals surface area contributed by atoms with Gasteiger partial charge in [-0.3, -0.25) is 14.8 Å². The van der Waals surface area contributed by atoms with Crippen LogP contribution in [0.15, 0.2) is 60.7 Å². The number of nitrogens with zero attached hydrogens (tertiary/aromatic N) is 2. The van der Waals surface area contributed by atoms with E-state index in [2.05, 4.69) is 75.0 Å². The van der Waals surface area contributed by atoms with E-state index in [0.29, 0.717) is 0 Å². The number of carbonyl (C=O) groups excluding carboxylic acids is 1. The fourth-order valence-corrected chi connectivity index (χ4v) is 6.03. The largest absolute Gasteiger partial charge is 0.497 e. The molecule has 7 rings (SSSR count). The van der Waals surface area contributed by atoms with Crippen LogP contribution in [0.4, 0.5) is 5.69 Å². The summed E-state index contributed by atoms with van der Waals surface area (Å²) in [7, 11) is 1.66. The summed E-state index contributed by atoms with van der Waals surface area (Å²) in [5.74, 6) is 0.992. The van der Waals surface area contributed by atoms with Gasteiger partial charge in [-0.25, -0.2) is 0 Å². The maximum atomic E-state index is 13.0. The summed E-state index contributed by atoms with van der Waals surface area (Å²) in [6.07, 6.45) is 4.96. The number of benzene rings is 3. The fourth-order valence-electron chi connectivity index (χ4n) is 6.03. The zero-order chi connectivity index (χ0) is 25.7. The lowest BCUT2D eigenvalue weighted by Gasteiger charge is -2.26. The first-order valence-corrected chi connectivity index (χ1v) is 13.2. The Morgan fingerprint density at radius 1 is 1.08 bits per heavy atom. The standard InChI is InChI=1S/C31H30N4O3/c1-37-23-8-11-28-25(17-23)31(30(36)32-28)18-26(31)22-7-9-24-27(33-34-29(24)16-22)10-6-20-2-4-21(5-3-20)19-35-12-14-38-15-13-35/h2-11,16-17,26H,12-15,18-19H2,1H3,(H,32,36)(H,33,34)/b10-6+/t26-,31?/m0/s1. The number of morpholine rings is 1. The zero-order valence-electron chi connectivity index (χ0n) is 21.4. The summed E-state index contributed by atoms with van der Waals surface area (Å²) in [6, 6.07) is 20.9. The number of fused-ring (bicyclic) bond motifs is 3. The van der Waals surface area contributed by atoms with Gasteiger partial charge in [0.2, 0.25) is 5.91 Å². The first kappa shape index (κ1) is 23.2. The van der Waals surface area contributed by atoms with Gasteiger partial charge in [-0.1, -0.05) is 42.5 Å². The molecule has 4 aromatic rings. The van der Waals surface area contributed by atoms with E-state index in [1.165, 1.54) is 5.56 Å². The molecule has 1 spiro atoms. The minimum atomic E-state index is -0.506. The van der Waals surface area contributed by atoms with Gasteiger partial charge in [-0.15, -0.1) is 0 Å².